The molecule has 1 N–H and O–H groups in total. The first-order valence-corrected chi connectivity index (χ1v) is 9.34. The first-order chi connectivity index (χ1) is 12.2. The van der Waals surface area contributed by atoms with Crippen LogP contribution in [0.1, 0.15) is 19.3 Å². The Balaban J connectivity index is 2.13. The Hall–Kier alpha value is -2.46. The van der Waals surface area contributed by atoms with E-state index >= 15 is 0 Å². The first-order valence-electron chi connectivity index (χ1n) is 7.90. The number of amides is 3. The zero-order valence-electron chi connectivity index (χ0n) is 14.8. The molecule has 0 aromatic heterocycles. The third-order valence-corrected chi connectivity index (χ3v) is 5.75. The lowest BCUT2D eigenvalue weighted by Crippen LogP contribution is -2.32. The summed E-state index contributed by atoms with van der Waals surface area (Å²) in [6.45, 7) is -0.0124. The van der Waals surface area contributed by atoms with Gasteiger partial charge in [-0.25, -0.2) is 12.7 Å². The molecular weight excluding hydrogens is 362 g/mol. The van der Waals surface area contributed by atoms with E-state index in [1.54, 1.807) is 0 Å². The molecule has 1 aliphatic rings. The maximum Gasteiger partial charge on any atom is 0.242 e. The fourth-order valence-corrected chi connectivity index (χ4v) is 3.38. The van der Waals surface area contributed by atoms with Crippen LogP contribution in [0.15, 0.2) is 23.1 Å². The number of imide groups is 1. The fourth-order valence-electron chi connectivity index (χ4n) is 2.45. The molecule has 2 rings (SSSR count). The van der Waals surface area contributed by atoms with Gasteiger partial charge in [-0.3, -0.25) is 19.3 Å². The van der Waals surface area contributed by atoms with Gasteiger partial charge in [0.2, 0.25) is 27.7 Å². The summed E-state index contributed by atoms with van der Waals surface area (Å²) in [5.74, 6) is -0.751. The van der Waals surface area contributed by atoms with Crippen LogP contribution >= 0.6 is 0 Å². The molecule has 1 aromatic carbocycles. The number of sulfonamides is 1. The minimum absolute atomic E-state index is 0.00324. The van der Waals surface area contributed by atoms with Crippen molar-refractivity contribution in [2.75, 3.05) is 33.1 Å². The van der Waals surface area contributed by atoms with Gasteiger partial charge in [0.1, 0.15) is 5.75 Å². The summed E-state index contributed by atoms with van der Waals surface area (Å²) in [6.07, 6.45) is 0.239. The predicted molar refractivity (Wildman–Crippen MR) is 93.1 cm³/mol. The van der Waals surface area contributed by atoms with Gasteiger partial charge in [0.25, 0.3) is 0 Å². The van der Waals surface area contributed by atoms with Crippen molar-refractivity contribution in [3.8, 4) is 5.75 Å². The number of hydrogen-bond acceptors (Lipinski definition) is 6. The molecule has 142 valence electrons. The summed E-state index contributed by atoms with van der Waals surface area (Å²) in [4.78, 5) is 36.3. The van der Waals surface area contributed by atoms with Crippen molar-refractivity contribution in [2.45, 2.75) is 24.2 Å². The number of carbonyl (C=O) groups excluding carboxylic acids is 3. The Morgan fingerprint density at radius 3 is 2.38 bits per heavy atom. The molecule has 0 unspecified atom stereocenters. The number of ether oxygens (including phenoxy) is 1. The Bertz CT molecular complexity index is 818. The van der Waals surface area contributed by atoms with E-state index in [2.05, 4.69) is 5.32 Å². The van der Waals surface area contributed by atoms with Crippen molar-refractivity contribution in [3.05, 3.63) is 18.2 Å². The monoisotopic (exact) mass is 383 g/mol. The van der Waals surface area contributed by atoms with E-state index < -0.39 is 15.9 Å². The summed E-state index contributed by atoms with van der Waals surface area (Å²) in [6, 6.07) is 4.13. The number of anilines is 1. The van der Waals surface area contributed by atoms with Crippen molar-refractivity contribution in [3.63, 3.8) is 0 Å². The highest BCUT2D eigenvalue weighted by Crippen LogP contribution is 2.28. The molecule has 1 saturated heterocycles. The lowest BCUT2D eigenvalue weighted by atomic mass is 10.2. The van der Waals surface area contributed by atoms with Gasteiger partial charge in [0.05, 0.1) is 17.7 Å². The molecule has 9 nitrogen and oxygen atoms in total. The zero-order valence-corrected chi connectivity index (χ0v) is 15.6. The van der Waals surface area contributed by atoms with E-state index in [1.807, 2.05) is 0 Å². The Labute approximate surface area is 152 Å². The summed E-state index contributed by atoms with van der Waals surface area (Å²) >= 11 is 0. The van der Waals surface area contributed by atoms with Crippen LogP contribution in [0.3, 0.4) is 0 Å². The second kappa shape index (κ2) is 7.83. The van der Waals surface area contributed by atoms with Gasteiger partial charge in [0.15, 0.2) is 0 Å². The Morgan fingerprint density at radius 1 is 1.23 bits per heavy atom. The van der Waals surface area contributed by atoms with Gasteiger partial charge in [0, 0.05) is 39.9 Å². The van der Waals surface area contributed by atoms with Crippen LogP contribution < -0.4 is 10.1 Å². The lowest BCUT2D eigenvalue weighted by molar-refractivity contribution is -0.138. The van der Waals surface area contributed by atoms with Crippen LogP contribution in [0.5, 0.6) is 5.75 Å². The quantitative estimate of drug-likeness (QED) is 0.683. The molecule has 0 saturated carbocycles. The highest BCUT2D eigenvalue weighted by molar-refractivity contribution is 7.89. The van der Waals surface area contributed by atoms with Crippen molar-refractivity contribution in [1.82, 2.24) is 9.21 Å². The van der Waals surface area contributed by atoms with Gasteiger partial charge < -0.3 is 10.1 Å². The number of benzene rings is 1. The van der Waals surface area contributed by atoms with Crippen molar-refractivity contribution in [1.29, 1.82) is 0 Å². The molecule has 1 aromatic rings. The third kappa shape index (κ3) is 4.20. The SMILES string of the molecule is COc1ccc(S(=O)(=O)N(C)C)cc1NC(=O)CCN1C(=O)CCC1=O. The maximum atomic E-state index is 12.2. The molecule has 0 bridgehead atoms. The Kier molecular flexibility index (Phi) is 5.98. The average Bonchev–Trinajstić information content (AvgIpc) is 2.91. The fraction of sp³-hybridized carbons (Fsp3) is 0.438. The minimum atomic E-state index is -3.67. The number of likely N-dealkylation sites (tertiary alicyclic amines) is 1. The highest BCUT2D eigenvalue weighted by atomic mass is 32.2. The molecule has 1 fully saturated rings. The summed E-state index contributed by atoms with van der Waals surface area (Å²) < 4.78 is 30.7. The summed E-state index contributed by atoms with van der Waals surface area (Å²) in [5.41, 5.74) is 0.194. The standard InChI is InChI=1S/C16H21N3O6S/c1-18(2)26(23,24)11-4-5-13(25-3)12(10-11)17-14(20)8-9-19-15(21)6-7-16(19)22/h4-5,10H,6-9H2,1-3H3,(H,17,20). The number of nitrogens with one attached hydrogen (secondary N) is 1. The normalized spacial score (nSPS) is 14.8. The van der Waals surface area contributed by atoms with Gasteiger partial charge in [-0.15, -0.1) is 0 Å². The zero-order chi connectivity index (χ0) is 19.5. The number of nitrogens with zero attached hydrogens (tertiary/aromatic N) is 2. The third-order valence-electron chi connectivity index (χ3n) is 3.94. The van der Waals surface area contributed by atoms with Crippen molar-refractivity contribution in [2.24, 2.45) is 0 Å². The van der Waals surface area contributed by atoms with Gasteiger partial charge >= 0.3 is 0 Å². The molecule has 1 aliphatic heterocycles. The molecule has 10 heteroatoms. The molecule has 26 heavy (non-hydrogen) atoms. The molecular formula is C16H21N3O6S. The minimum Gasteiger partial charge on any atom is -0.495 e. The first kappa shape index (κ1) is 19.9. The molecule has 0 spiro atoms. The predicted octanol–water partition coefficient (Wildman–Crippen LogP) is 0.423. The van der Waals surface area contributed by atoms with Crippen LogP contribution in [0.25, 0.3) is 0 Å². The van der Waals surface area contributed by atoms with Crippen LogP contribution in [-0.4, -0.2) is 63.1 Å². The summed E-state index contributed by atoms with van der Waals surface area (Å²) in [7, 11) is 0.534. The highest BCUT2D eigenvalue weighted by Gasteiger charge is 2.29. The molecule has 0 aliphatic carbocycles. The van der Waals surface area contributed by atoms with Crippen LogP contribution in [0, 0.1) is 0 Å². The van der Waals surface area contributed by atoms with E-state index in [9.17, 15) is 22.8 Å². The smallest absolute Gasteiger partial charge is 0.242 e. The van der Waals surface area contributed by atoms with Crippen LogP contribution in [0.2, 0.25) is 0 Å². The van der Waals surface area contributed by atoms with Gasteiger partial charge in [-0.05, 0) is 18.2 Å². The second-order valence-corrected chi connectivity index (χ2v) is 8.04. The largest absolute Gasteiger partial charge is 0.495 e. The van der Waals surface area contributed by atoms with Crippen molar-refractivity contribution >= 4 is 33.4 Å². The Morgan fingerprint density at radius 2 is 1.85 bits per heavy atom. The van der Waals surface area contributed by atoms with E-state index in [4.69, 9.17) is 4.74 Å². The van der Waals surface area contributed by atoms with Crippen molar-refractivity contribution < 1.29 is 27.5 Å². The molecule has 0 radical (unpaired) electrons. The van der Waals surface area contributed by atoms with E-state index in [1.165, 1.54) is 39.4 Å². The number of hydrogen-bond donors (Lipinski definition) is 1. The number of methoxy groups -OCH3 is 1. The maximum absolute atomic E-state index is 12.2. The average molecular weight is 383 g/mol. The van der Waals surface area contributed by atoms with E-state index in [0.717, 1.165) is 9.21 Å². The van der Waals surface area contributed by atoms with Gasteiger partial charge in [-0.1, -0.05) is 0 Å². The van der Waals surface area contributed by atoms with Crippen LogP contribution in [0.4, 0.5) is 5.69 Å². The lowest BCUT2D eigenvalue weighted by Gasteiger charge is -2.16. The van der Waals surface area contributed by atoms with Gasteiger partial charge in [-0.2, -0.15) is 0 Å². The second-order valence-electron chi connectivity index (χ2n) is 5.89. The molecule has 3 amide bonds. The van der Waals surface area contributed by atoms with E-state index in [0.29, 0.717) is 5.75 Å². The van der Waals surface area contributed by atoms with E-state index in [-0.39, 0.29) is 48.2 Å². The molecule has 0 atom stereocenters. The number of rotatable bonds is 7. The number of carbonyl (C=O) groups is 3. The topological polar surface area (TPSA) is 113 Å². The van der Waals surface area contributed by atoms with Crippen LogP contribution in [-0.2, 0) is 24.4 Å². The molecule has 1 heterocycles. The summed E-state index contributed by atoms with van der Waals surface area (Å²) in [5, 5.41) is 2.57.